The largest absolute Gasteiger partial charge is 0.315 e. The van der Waals surface area contributed by atoms with E-state index in [0.29, 0.717) is 23.7 Å². The highest BCUT2D eigenvalue weighted by molar-refractivity contribution is 5.68. The maximum Gasteiger partial charge on any atom is 0.315 e. The molecule has 2 heteroatoms. The van der Waals surface area contributed by atoms with Gasteiger partial charge in [-0.25, -0.2) is 13.1 Å². The zero-order valence-corrected chi connectivity index (χ0v) is 6.36. The van der Waals surface area contributed by atoms with Crippen molar-refractivity contribution in [3.63, 3.8) is 0 Å². The summed E-state index contributed by atoms with van der Waals surface area (Å²) in [5, 5.41) is 0. The van der Waals surface area contributed by atoms with Crippen molar-refractivity contribution in [2.75, 3.05) is 0 Å². The Kier molecular flexibility index (Phi) is 0.341. The molecule has 0 aromatic heterocycles. The van der Waals surface area contributed by atoms with E-state index < -0.39 is 0 Å². The highest BCUT2D eigenvalue weighted by Gasteiger charge is 3.21. The van der Waals surface area contributed by atoms with Crippen LogP contribution in [0.5, 0.6) is 0 Å². The summed E-state index contributed by atoms with van der Waals surface area (Å²) in [6.45, 7) is 14.5. The van der Waals surface area contributed by atoms with Crippen molar-refractivity contribution < 1.29 is 0 Å². The second kappa shape index (κ2) is 0.839. The van der Waals surface area contributed by atoms with Crippen molar-refractivity contribution in [3.8, 4) is 0 Å². The Morgan fingerprint density at radius 2 is 1.08 bits per heavy atom. The zero-order chi connectivity index (χ0) is 7.88. The summed E-state index contributed by atoms with van der Waals surface area (Å²) in [5.41, 5.74) is -0.215. The fourth-order valence-electron chi connectivity index (χ4n) is 5.90. The summed E-state index contributed by atoms with van der Waals surface area (Å²) in [6, 6.07) is 0. The molecule has 0 amide bonds. The van der Waals surface area contributed by atoms with Crippen molar-refractivity contribution in [2.45, 2.75) is 11.1 Å². The van der Waals surface area contributed by atoms with E-state index in [1.807, 2.05) is 0 Å². The van der Waals surface area contributed by atoms with Gasteiger partial charge in [0.25, 0.3) is 0 Å². The normalized spacial score (nSPS) is 86.8. The third-order valence-corrected chi connectivity index (χ3v) is 5.92. The number of hydrogen-bond donors (Lipinski definition) is 0. The highest BCUT2D eigenvalue weighted by Crippen LogP contribution is 3.05. The van der Waals surface area contributed by atoms with Gasteiger partial charge in [0.05, 0.1) is 23.7 Å². The lowest BCUT2D eigenvalue weighted by Crippen LogP contribution is -3.15. The minimum Gasteiger partial charge on any atom is -0.301 e. The lowest BCUT2D eigenvalue weighted by molar-refractivity contribution is -0.556. The van der Waals surface area contributed by atoms with E-state index in [2.05, 4.69) is 9.69 Å². The summed E-state index contributed by atoms with van der Waals surface area (Å²) >= 11 is 0. The molecule has 6 aliphatic carbocycles. The Hall–Kier alpha value is -1.02. The van der Waals surface area contributed by atoms with E-state index in [0.717, 1.165) is 11.8 Å². The Labute approximate surface area is 70.2 Å². The van der Waals surface area contributed by atoms with Crippen LogP contribution in [0.2, 0.25) is 0 Å². The third-order valence-electron chi connectivity index (χ3n) is 5.92. The fraction of sp³-hybridized carbons (Fsp3) is 0.800. The maximum absolute atomic E-state index is 7.23. The van der Waals surface area contributed by atoms with Gasteiger partial charge in [0.2, 0.25) is 0 Å². The first-order valence-electron chi connectivity index (χ1n) is 4.63. The maximum atomic E-state index is 7.23. The van der Waals surface area contributed by atoms with Crippen molar-refractivity contribution in [3.05, 3.63) is 22.8 Å². The van der Waals surface area contributed by atoms with Gasteiger partial charge in [0.1, 0.15) is 0 Å². The summed E-state index contributed by atoms with van der Waals surface area (Å²) in [4.78, 5) is 7.60. The molecule has 12 heavy (non-hydrogen) atoms. The standard InChI is InChI=1S/C10H6N2/c1-11-9-5-3-4-7(5)10(9,12-2)8(4)6(3)9/h3-8H. The van der Waals surface area contributed by atoms with E-state index in [1.54, 1.807) is 0 Å². The van der Waals surface area contributed by atoms with Crippen LogP contribution in [0.15, 0.2) is 0 Å². The Balaban J connectivity index is 1.86. The van der Waals surface area contributed by atoms with Crippen LogP contribution in [-0.4, -0.2) is 11.1 Å². The quantitative estimate of drug-likeness (QED) is 0.461. The molecular formula is C10H6N2. The number of hydrogen-bond acceptors (Lipinski definition) is 0. The smallest absolute Gasteiger partial charge is 0.301 e. The van der Waals surface area contributed by atoms with Crippen LogP contribution in [-0.2, 0) is 0 Å². The van der Waals surface area contributed by atoms with Gasteiger partial charge >= 0.3 is 11.1 Å². The first-order valence-corrected chi connectivity index (χ1v) is 4.63. The van der Waals surface area contributed by atoms with Crippen LogP contribution in [0, 0.1) is 48.7 Å². The zero-order valence-electron chi connectivity index (χ0n) is 6.36. The van der Waals surface area contributed by atoms with Crippen LogP contribution in [0.4, 0.5) is 0 Å². The summed E-state index contributed by atoms with van der Waals surface area (Å²) in [5.74, 6) is 4.65. The van der Waals surface area contributed by atoms with E-state index in [9.17, 15) is 0 Å². The van der Waals surface area contributed by atoms with Gasteiger partial charge in [-0.15, -0.1) is 0 Å². The molecule has 0 spiro atoms. The Morgan fingerprint density at radius 1 is 0.750 bits per heavy atom. The summed E-state index contributed by atoms with van der Waals surface area (Å²) in [6.07, 6.45) is 0. The molecule has 0 aliphatic heterocycles. The van der Waals surface area contributed by atoms with Crippen molar-refractivity contribution in [1.29, 1.82) is 0 Å². The average Bonchev–Trinajstić information content (AvgIpc) is 2.16. The van der Waals surface area contributed by atoms with Gasteiger partial charge in [-0.2, -0.15) is 0 Å². The SMILES string of the molecule is [C-]#[N+]C12C3C4C5C3C1([N+]#[C-])C5C42. The molecule has 4 atom stereocenters. The summed E-state index contributed by atoms with van der Waals surface area (Å²) < 4.78 is 0. The first kappa shape index (κ1) is 4.87. The summed E-state index contributed by atoms with van der Waals surface area (Å²) in [7, 11) is 0. The molecule has 6 aliphatic rings. The topological polar surface area (TPSA) is 8.72 Å². The van der Waals surface area contributed by atoms with Crippen LogP contribution in [0.3, 0.4) is 0 Å². The van der Waals surface area contributed by atoms with E-state index in [1.165, 1.54) is 0 Å². The molecular weight excluding hydrogens is 148 g/mol. The predicted molar refractivity (Wildman–Crippen MR) is 39.6 cm³/mol. The highest BCUT2D eigenvalue weighted by atomic mass is 15.3. The fourth-order valence-corrected chi connectivity index (χ4v) is 5.90. The molecule has 4 unspecified atom stereocenters. The third kappa shape index (κ3) is 0.131. The minimum atomic E-state index is -0.108. The second-order valence-corrected chi connectivity index (χ2v) is 5.13. The van der Waals surface area contributed by atoms with Gasteiger partial charge in [-0.3, -0.25) is 0 Å². The van der Waals surface area contributed by atoms with Crippen molar-refractivity contribution in [2.24, 2.45) is 35.5 Å². The van der Waals surface area contributed by atoms with E-state index in [-0.39, 0.29) is 11.1 Å². The predicted octanol–water partition coefficient (Wildman–Crippen LogP) is 1.07. The molecule has 56 valence electrons. The van der Waals surface area contributed by atoms with Gasteiger partial charge in [-0.05, 0) is 11.8 Å². The first-order chi connectivity index (χ1) is 5.86. The molecule has 0 aromatic rings. The lowest BCUT2D eigenvalue weighted by atomic mass is 8.96. The van der Waals surface area contributed by atoms with Crippen LogP contribution in [0.1, 0.15) is 0 Å². The van der Waals surface area contributed by atoms with Gasteiger partial charge in [0, 0.05) is 0 Å². The van der Waals surface area contributed by atoms with Gasteiger partial charge < -0.3 is 9.69 Å². The Morgan fingerprint density at radius 3 is 1.33 bits per heavy atom. The molecule has 0 heterocycles. The molecule has 0 saturated heterocycles. The van der Waals surface area contributed by atoms with Crippen LogP contribution in [0.25, 0.3) is 9.69 Å². The van der Waals surface area contributed by atoms with E-state index >= 15 is 0 Å². The van der Waals surface area contributed by atoms with Gasteiger partial charge in [-0.1, -0.05) is 0 Å². The molecule has 6 fully saturated rings. The lowest BCUT2D eigenvalue weighted by Gasteiger charge is -2.99. The minimum absolute atomic E-state index is 0.108. The Bertz CT molecular complexity index is 376. The number of rotatable bonds is 0. The molecule has 0 N–H and O–H groups in total. The van der Waals surface area contributed by atoms with Crippen molar-refractivity contribution >= 4 is 0 Å². The average molecular weight is 154 g/mol. The molecule has 6 rings (SSSR count). The monoisotopic (exact) mass is 154 g/mol. The molecule has 2 nitrogen and oxygen atoms in total. The molecule has 0 aromatic carbocycles. The van der Waals surface area contributed by atoms with Crippen molar-refractivity contribution in [1.82, 2.24) is 0 Å². The molecule has 0 bridgehead atoms. The van der Waals surface area contributed by atoms with Crippen LogP contribution < -0.4 is 0 Å². The number of nitrogens with zero attached hydrogens (tertiary/aromatic N) is 2. The molecule has 6 saturated carbocycles. The second-order valence-electron chi connectivity index (χ2n) is 5.13. The van der Waals surface area contributed by atoms with Crippen LogP contribution >= 0.6 is 0 Å². The van der Waals surface area contributed by atoms with E-state index in [4.69, 9.17) is 13.1 Å². The van der Waals surface area contributed by atoms with Gasteiger partial charge in [0.15, 0.2) is 0 Å². The molecule has 0 radical (unpaired) electrons.